The molecule has 4 nitrogen and oxygen atoms in total. The number of nitrogens with zero attached hydrogens (tertiary/aromatic N) is 3. The van der Waals surface area contributed by atoms with Gasteiger partial charge in [0.25, 0.3) is 0 Å². The Hall–Kier alpha value is -0.550. The Morgan fingerprint density at radius 1 is 1.28 bits per heavy atom. The van der Waals surface area contributed by atoms with Crippen LogP contribution in [0, 0.1) is 6.92 Å². The van der Waals surface area contributed by atoms with Crippen LogP contribution < -0.4 is 5.32 Å². The van der Waals surface area contributed by atoms with E-state index >= 15 is 0 Å². The van der Waals surface area contributed by atoms with E-state index in [-0.39, 0.29) is 0 Å². The Labute approximate surface area is 114 Å². The van der Waals surface area contributed by atoms with Crippen molar-refractivity contribution in [2.45, 2.75) is 50.3 Å². The van der Waals surface area contributed by atoms with Crippen LogP contribution in [0.5, 0.6) is 0 Å². The first-order chi connectivity index (χ1) is 8.67. The van der Waals surface area contributed by atoms with Gasteiger partial charge in [-0.3, -0.25) is 0 Å². The standard InChI is InChI=1S/C13H24N4S/c1-11-15-16-12(17(11)2)9-14-10-13(18-3)7-5-4-6-8-13/h14H,4-10H2,1-3H3. The molecule has 1 aliphatic carbocycles. The second-order valence-corrected chi connectivity index (χ2v) is 6.55. The van der Waals surface area contributed by atoms with Crippen molar-refractivity contribution in [3.63, 3.8) is 0 Å². The normalized spacial score (nSPS) is 19.1. The summed E-state index contributed by atoms with van der Waals surface area (Å²) in [7, 11) is 2.03. The Kier molecular flexibility index (Phi) is 4.67. The van der Waals surface area contributed by atoms with E-state index in [1.165, 1.54) is 32.1 Å². The highest BCUT2D eigenvalue weighted by Gasteiger charge is 2.30. The minimum Gasteiger partial charge on any atom is -0.317 e. The van der Waals surface area contributed by atoms with E-state index in [1.54, 1.807) is 0 Å². The molecule has 0 spiro atoms. The van der Waals surface area contributed by atoms with Gasteiger partial charge in [-0.15, -0.1) is 10.2 Å². The molecule has 1 aromatic heterocycles. The van der Waals surface area contributed by atoms with Crippen LogP contribution in [-0.2, 0) is 13.6 Å². The van der Waals surface area contributed by atoms with Gasteiger partial charge in [0, 0.05) is 18.3 Å². The summed E-state index contributed by atoms with van der Waals surface area (Å²) in [4.78, 5) is 0. The Balaban J connectivity index is 1.85. The molecule has 0 bridgehead atoms. The predicted octanol–water partition coefficient (Wildman–Crippen LogP) is 2.28. The zero-order chi connectivity index (χ0) is 13.0. The van der Waals surface area contributed by atoms with E-state index in [0.29, 0.717) is 4.75 Å². The van der Waals surface area contributed by atoms with E-state index in [0.717, 1.165) is 24.7 Å². The molecule has 0 saturated heterocycles. The number of nitrogens with one attached hydrogen (secondary N) is 1. The summed E-state index contributed by atoms with van der Waals surface area (Å²) in [6.07, 6.45) is 9.11. The highest BCUT2D eigenvalue weighted by molar-refractivity contribution is 8.00. The van der Waals surface area contributed by atoms with Crippen LogP contribution in [-0.4, -0.2) is 32.3 Å². The van der Waals surface area contributed by atoms with Gasteiger partial charge in [-0.05, 0) is 26.0 Å². The smallest absolute Gasteiger partial charge is 0.146 e. The van der Waals surface area contributed by atoms with Crippen molar-refractivity contribution in [3.8, 4) is 0 Å². The maximum Gasteiger partial charge on any atom is 0.146 e. The van der Waals surface area contributed by atoms with Crippen molar-refractivity contribution in [2.75, 3.05) is 12.8 Å². The minimum atomic E-state index is 0.450. The summed E-state index contributed by atoms with van der Waals surface area (Å²) in [5, 5.41) is 11.9. The fourth-order valence-corrected chi connectivity index (χ4v) is 3.60. The number of aryl methyl sites for hydroxylation is 1. The van der Waals surface area contributed by atoms with Crippen LogP contribution in [0.2, 0.25) is 0 Å². The molecule has 0 amide bonds. The van der Waals surface area contributed by atoms with Crippen LogP contribution in [0.1, 0.15) is 43.8 Å². The second kappa shape index (κ2) is 6.06. The van der Waals surface area contributed by atoms with Crippen molar-refractivity contribution in [1.82, 2.24) is 20.1 Å². The molecule has 102 valence electrons. The summed E-state index contributed by atoms with van der Waals surface area (Å²) in [6.45, 7) is 3.89. The molecule has 1 aliphatic rings. The maximum absolute atomic E-state index is 4.19. The fourth-order valence-electron chi connectivity index (χ4n) is 2.66. The van der Waals surface area contributed by atoms with Crippen molar-refractivity contribution in [1.29, 1.82) is 0 Å². The topological polar surface area (TPSA) is 42.7 Å². The number of hydrogen-bond donors (Lipinski definition) is 1. The summed E-state index contributed by atoms with van der Waals surface area (Å²) in [5.41, 5.74) is 0. The minimum absolute atomic E-state index is 0.450. The van der Waals surface area contributed by atoms with E-state index in [2.05, 4.69) is 26.3 Å². The van der Waals surface area contributed by atoms with Crippen molar-refractivity contribution >= 4 is 11.8 Å². The Bertz CT molecular complexity index is 382. The average Bonchev–Trinajstić information content (AvgIpc) is 2.72. The van der Waals surface area contributed by atoms with Crippen molar-refractivity contribution in [2.24, 2.45) is 7.05 Å². The Morgan fingerprint density at radius 2 is 2.00 bits per heavy atom. The highest BCUT2D eigenvalue weighted by atomic mass is 32.2. The lowest BCUT2D eigenvalue weighted by atomic mass is 9.88. The van der Waals surface area contributed by atoms with Crippen molar-refractivity contribution in [3.05, 3.63) is 11.6 Å². The van der Waals surface area contributed by atoms with Crippen LogP contribution in [0.15, 0.2) is 0 Å². The molecule has 1 aromatic rings. The number of rotatable bonds is 5. The first-order valence-corrected chi connectivity index (χ1v) is 8.00. The molecule has 0 atom stereocenters. The number of thioether (sulfide) groups is 1. The third kappa shape index (κ3) is 3.06. The van der Waals surface area contributed by atoms with Gasteiger partial charge >= 0.3 is 0 Å². The molecule has 1 heterocycles. The van der Waals surface area contributed by atoms with Crippen LogP contribution in [0.25, 0.3) is 0 Å². The van der Waals surface area contributed by atoms with Gasteiger partial charge in [-0.25, -0.2) is 0 Å². The second-order valence-electron chi connectivity index (χ2n) is 5.27. The zero-order valence-electron chi connectivity index (χ0n) is 11.7. The van der Waals surface area contributed by atoms with E-state index in [4.69, 9.17) is 0 Å². The predicted molar refractivity (Wildman–Crippen MR) is 76.8 cm³/mol. The lowest BCUT2D eigenvalue weighted by Crippen LogP contribution is -2.39. The number of hydrogen-bond acceptors (Lipinski definition) is 4. The molecule has 2 rings (SSSR count). The third-order valence-corrected chi connectivity index (χ3v) is 5.53. The van der Waals surface area contributed by atoms with Gasteiger partial charge in [-0.1, -0.05) is 19.3 Å². The molecular formula is C13H24N4S. The SMILES string of the molecule is CSC1(CNCc2nnc(C)n2C)CCCCC1. The summed E-state index contributed by atoms with van der Waals surface area (Å²) >= 11 is 2.03. The average molecular weight is 268 g/mol. The largest absolute Gasteiger partial charge is 0.317 e. The van der Waals surface area contributed by atoms with Crippen LogP contribution >= 0.6 is 11.8 Å². The molecular weight excluding hydrogens is 244 g/mol. The first kappa shape index (κ1) is 13.9. The molecule has 0 aliphatic heterocycles. The van der Waals surface area contributed by atoms with Gasteiger partial charge in [0.15, 0.2) is 0 Å². The maximum atomic E-state index is 4.19. The molecule has 5 heteroatoms. The zero-order valence-corrected chi connectivity index (χ0v) is 12.5. The molecule has 0 radical (unpaired) electrons. The monoisotopic (exact) mass is 268 g/mol. The van der Waals surface area contributed by atoms with Crippen LogP contribution in [0.4, 0.5) is 0 Å². The number of aromatic nitrogens is 3. The van der Waals surface area contributed by atoms with Crippen LogP contribution in [0.3, 0.4) is 0 Å². The van der Waals surface area contributed by atoms with Gasteiger partial charge < -0.3 is 9.88 Å². The molecule has 1 N–H and O–H groups in total. The first-order valence-electron chi connectivity index (χ1n) is 6.78. The van der Waals surface area contributed by atoms with Crippen molar-refractivity contribution < 1.29 is 0 Å². The lowest BCUT2D eigenvalue weighted by Gasteiger charge is -2.36. The highest BCUT2D eigenvalue weighted by Crippen LogP contribution is 2.37. The van der Waals surface area contributed by atoms with E-state index in [1.807, 2.05) is 25.7 Å². The van der Waals surface area contributed by atoms with Gasteiger partial charge in [0.2, 0.25) is 0 Å². The van der Waals surface area contributed by atoms with Gasteiger partial charge in [-0.2, -0.15) is 11.8 Å². The summed E-state index contributed by atoms with van der Waals surface area (Å²) < 4.78 is 2.51. The molecule has 0 aromatic carbocycles. The van der Waals surface area contributed by atoms with E-state index < -0.39 is 0 Å². The molecule has 1 fully saturated rings. The van der Waals surface area contributed by atoms with Gasteiger partial charge in [0.1, 0.15) is 11.6 Å². The summed E-state index contributed by atoms with van der Waals surface area (Å²) in [5.74, 6) is 2.00. The quantitative estimate of drug-likeness (QED) is 0.889. The van der Waals surface area contributed by atoms with E-state index in [9.17, 15) is 0 Å². The third-order valence-electron chi connectivity index (χ3n) is 4.11. The Morgan fingerprint density at radius 3 is 2.56 bits per heavy atom. The van der Waals surface area contributed by atoms with Gasteiger partial charge in [0.05, 0.1) is 6.54 Å². The fraction of sp³-hybridized carbons (Fsp3) is 0.846. The summed E-state index contributed by atoms with van der Waals surface area (Å²) in [6, 6.07) is 0. The molecule has 18 heavy (non-hydrogen) atoms. The lowest BCUT2D eigenvalue weighted by molar-refractivity contribution is 0.377. The molecule has 1 saturated carbocycles. The molecule has 0 unspecified atom stereocenters.